The first kappa shape index (κ1) is 14.4. The van der Waals surface area contributed by atoms with Gasteiger partial charge in [0.25, 0.3) is 0 Å². The fraction of sp³-hybridized carbons (Fsp3) is 0.571. The molecule has 0 amide bonds. The van der Waals surface area contributed by atoms with Gasteiger partial charge in [-0.3, -0.25) is 0 Å². The van der Waals surface area contributed by atoms with E-state index in [0.717, 1.165) is 29.2 Å². The molecule has 0 unspecified atom stereocenters. The van der Waals surface area contributed by atoms with Gasteiger partial charge in [0.15, 0.2) is 0 Å². The van der Waals surface area contributed by atoms with E-state index in [1.165, 1.54) is 18.5 Å². The van der Waals surface area contributed by atoms with Gasteiger partial charge in [-0.2, -0.15) is 0 Å². The first-order valence-corrected chi connectivity index (χ1v) is 7.21. The maximum Gasteiger partial charge on any atom is 0.0512 e. The molecule has 0 aromatic heterocycles. The van der Waals surface area contributed by atoms with E-state index in [9.17, 15) is 0 Å². The molecular formula is C14H23BrN2. The van der Waals surface area contributed by atoms with E-state index in [4.69, 9.17) is 5.73 Å². The normalized spacial score (nSPS) is 10.9. The Labute approximate surface area is 113 Å². The topological polar surface area (TPSA) is 29.3 Å². The van der Waals surface area contributed by atoms with Crippen LogP contribution in [0.5, 0.6) is 0 Å². The molecule has 0 aliphatic heterocycles. The Balaban J connectivity index is 2.85. The average Bonchev–Trinajstić information content (AvgIpc) is 2.32. The maximum atomic E-state index is 5.77. The predicted molar refractivity (Wildman–Crippen MR) is 80.5 cm³/mol. The molecule has 0 fully saturated rings. The Hall–Kier alpha value is -0.700. The quantitative estimate of drug-likeness (QED) is 0.794. The lowest BCUT2D eigenvalue weighted by Crippen LogP contribution is -2.29. The van der Waals surface area contributed by atoms with Gasteiger partial charge in [0, 0.05) is 23.2 Å². The van der Waals surface area contributed by atoms with Crippen LogP contribution in [-0.2, 0) is 0 Å². The van der Waals surface area contributed by atoms with E-state index in [2.05, 4.69) is 47.7 Å². The predicted octanol–water partition coefficient (Wildman–Crippen LogP) is 4.29. The van der Waals surface area contributed by atoms with Crippen molar-refractivity contribution in [2.24, 2.45) is 5.92 Å². The third-order valence-electron chi connectivity index (χ3n) is 3.33. The fourth-order valence-electron chi connectivity index (χ4n) is 2.04. The Kier molecular flexibility index (Phi) is 5.83. The summed E-state index contributed by atoms with van der Waals surface area (Å²) in [5.41, 5.74) is 7.82. The summed E-state index contributed by atoms with van der Waals surface area (Å²) in [6, 6.07) is 6.05. The van der Waals surface area contributed by atoms with Gasteiger partial charge in [-0.1, -0.05) is 26.7 Å². The van der Waals surface area contributed by atoms with Crippen LogP contribution >= 0.6 is 15.9 Å². The van der Waals surface area contributed by atoms with Crippen molar-refractivity contribution in [1.82, 2.24) is 0 Å². The molecule has 17 heavy (non-hydrogen) atoms. The molecule has 3 heteroatoms. The lowest BCUT2D eigenvalue weighted by molar-refractivity contribution is 0.486. The fourth-order valence-corrected chi connectivity index (χ4v) is 2.68. The van der Waals surface area contributed by atoms with Crippen LogP contribution in [0, 0.1) is 5.92 Å². The van der Waals surface area contributed by atoms with Crippen LogP contribution in [0.25, 0.3) is 0 Å². The van der Waals surface area contributed by atoms with Crippen molar-refractivity contribution in [2.75, 3.05) is 23.7 Å². The molecule has 0 radical (unpaired) electrons. The highest BCUT2D eigenvalue weighted by atomic mass is 79.9. The smallest absolute Gasteiger partial charge is 0.0512 e. The van der Waals surface area contributed by atoms with Crippen LogP contribution in [0.3, 0.4) is 0 Å². The van der Waals surface area contributed by atoms with Crippen LogP contribution < -0.4 is 10.6 Å². The molecule has 0 atom stereocenters. The standard InChI is InChI=1S/C14H23BrN2/c1-4-11(5-2)10-17(6-3)14-8-7-12(16)9-13(14)15/h7-9,11H,4-6,10,16H2,1-3H3. The molecule has 96 valence electrons. The summed E-state index contributed by atoms with van der Waals surface area (Å²) in [6.45, 7) is 8.87. The van der Waals surface area contributed by atoms with Crippen LogP contribution in [0.4, 0.5) is 11.4 Å². The number of hydrogen-bond donors (Lipinski definition) is 1. The van der Waals surface area contributed by atoms with Crippen molar-refractivity contribution in [3.05, 3.63) is 22.7 Å². The molecule has 2 N–H and O–H groups in total. The third kappa shape index (κ3) is 3.91. The number of anilines is 2. The van der Waals surface area contributed by atoms with Crippen LogP contribution in [0.15, 0.2) is 22.7 Å². The zero-order chi connectivity index (χ0) is 12.8. The van der Waals surface area contributed by atoms with Gasteiger partial charge < -0.3 is 10.6 Å². The highest BCUT2D eigenvalue weighted by molar-refractivity contribution is 9.10. The Bertz CT molecular complexity index is 348. The van der Waals surface area contributed by atoms with Crippen LogP contribution in [-0.4, -0.2) is 13.1 Å². The second kappa shape index (κ2) is 6.90. The summed E-state index contributed by atoms with van der Waals surface area (Å²) in [5.74, 6) is 0.763. The monoisotopic (exact) mass is 298 g/mol. The summed E-state index contributed by atoms with van der Waals surface area (Å²) in [7, 11) is 0. The van der Waals surface area contributed by atoms with Gasteiger partial charge >= 0.3 is 0 Å². The Morgan fingerprint density at radius 2 is 1.88 bits per heavy atom. The minimum absolute atomic E-state index is 0.763. The number of rotatable bonds is 6. The number of halogens is 1. The second-order valence-corrected chi connectivity index (χ2v) is 5.29. The van der Waals surface area contributed by atoms with Crippen molar-refractivity contribution >= 4 is 27.3 Å². The lowest BCUT2D eigenvalue weighted by atomic mass is 10.0. The molecule has 2 nitrogen and oxygen atoms in total. The van der Waals surface area contributed by atoms with Crippen molar-refractivity contribution in [3.8, 4) is 0 Å². The molecular weight excluding hydrogens is 276 g/mol. The van der Waals surface area contributed by atoms with E-state index >= 15 is 0 Å². The number of nitrogen functional groups attached to an aromatic ring is 1. The molecule has 0 aliphatic rings. The first-order chi connectivity index (χ1) is 8.12. The maximum absolute atomic E-state index is 5.77. The lowest BCUT2D eigenvalue weighted by Gasteiger charge is -2.28. The molecule has 0 saturated carbocycles. The van der Waals surface area contributed by atoms with Crippen molar-refractivity contribution in [3.63, 3.8) is 0 Å². The van der Waals surface area contributed by atoms with Gasteiger partial charge in [-0.25, -0.2) is 0 Å². The summed E-state index contributed by atoms with van der Waals surface area (Å²) in [4.78, 5) is 2.42. The minimum Gasteiger partial charge on any atom is -0.399 e. The molecule has 1 aromatic carbocycles. The number of hydrogen-bond acceptors (Lipinski definition) is 2. The van der Waals surface area contributed by atoms with E-state index in [-0.39, 0.29) is 0 Å². The number of benzene rings is 1. The van der Waals surface area contributed by atoms with Crippen molar-refractivity contribution in [1.29, 1.82) is 0 Å². The van der Waals surface area contributed by atoms with Crippen molar-refractivity contribution < 1.29 is 0 Å². The van der Waals surface area contributed by atoms with E-state index in [1.807, 2.05) is 12.1 Å². The zero-order valence-electron chi connectivity index (χ0n) is 11.0. The molecule has 1 aromatic rings. The molecule has 0 spiro atoms. The molecule has 0 heterocycles. The van der Waals surface area contributed by atoms with Gasteiger partial charge in [-0.15, -0.1) is 0 Å². The SMILES string of the molecule is CCC(CC)CN(CC)c1ccc(N)cc1Br. The summed E-state index contributed by atoms with van der Waals surface area (Å²) >= 11 is 3.60. The molecule has 1 rings (SSSR count). The first-order valence-electron chi connectivity index (χ1n) is 6.42. The molecule has 0 saturated heterocycles. The minimum atomic E-state index is 0.763. The van der Waals surface area contributed by atoms with Gasteiger partial charge in [0.2, 0.25) is 0 Å². The molecule has 0 bridgehead atoms. The van der Waals surface area contributed by atoms with Crippen molar-refractivity contribution in [2.45, 2.75) is 33.6 Å². The third-order valence-corrected chi connectivity index (χ3v) is 3.96. The largest absolute Gasteiger partial charge is 0.399 e. The van der Waals surface area contributed by atoms with Gasteiger partial charge in [0.1, 0.15) is 0 Å². The van der Waals surface area contributed by atoms with E-state index in [1.54, 1.807) is 0 Å². The highest BCUT2D eigenvalue weighted by Gasteiger charge is 2.13. The van der Waals surface area contributed by atoms with E-state index in [0.29, 0.717) is 0 Å². The highest BCUT2D eigenvalue weighted by Crippen LogP contribution is 2.29. The van der Waals surface area contributed by atoms with Crippen LogP contribution in [0.1, 0.15) is 33.6 Å². The summed E-state index contributed by atoms with van der Waals surface area (Å²) in [6.07, 6.45) is 2.47. The number of nitrogens with zero attached hydrogens (tertiary/aromatic N) is 1. The number of nitrogens with two attached hydrogens (primary N) is 1. The van der Waals surface area contributed by atoms with Crippen LogP contribution in [0.2, 0.25) is 0 Å². The zero-order valence-corrected chi connectivity index (χ0v) is 12.6. The molecule has 0 aliphatic carbocycles. The van der Waals surface area contributed by atoms with E-state index < -0.39 is 0 Å². The summed E-state index contributed by atoms with van der Waals surface area (Å²) in [5, 5.41) is 0. The summed E-state index contributed by atoms with van der Waals surface area (Å²) < 4.78 is 1.09. The Morgan fingerprint density at radius 1 is 1.24 bits per heavy atom. The second-order valence-electron chi connectivity index (χ2n) is 4.43. The Morgan fingerprint density at radius 3 is 2.35 bits per heavy atom. The van der Waals surface area contributed by atoms with Gasteiger partial charge in [0.05, 0.1) is 5.69 Å². The van der Waals surface area contributed by atoms with Gasteiger partial charge in [-0.05, 0) is 47.0 Å². The average molecular weight is 299 g/mol.